The number of carbonyl (C=O) groups excluding carboxylic acids is 1. The summed E-state index contributed by atoms with van der Waals surface area (Å²) in [6.07, 6.45) is 0. The van der Waals surface area contributed by atoms with Crippen molar-refractivity contribution < 1.29 is 29.2 Å². The molecule has 4 aromatic rings. The van der Waals surface area contributed by atoms with Crippen molar-refractivity contribution in [3.8, 4) is 11.5 Å². The topological polar surface area (TPSA) is 85.2 Å². The summed E-state index contributed by atoms with van der Waals surface area (Å²) in [5.41, 5.74) is -1.12. The monoisotopic (exact) mass is 470 g/mol. The Kier molecular flexibility index (Phi) is 5.71. The van der Waals surface area contributed by atoms with Crippen LogP contribution in [-0.4, -0.2) is 35.5 Å². The number of methoxy groups -OCH3 is 1. The molecule has 1 heterocycles. The third-order valence-corrected chi connectivity index (χ3v) is 6.60. The van der Waals surface area contributed by atoms with E-state index in [9.17, 15) is 15.0 Å². The summed E-state index contributed by atoms with van der Waals surface area (Å²) in [4.78, 5) is 13.6. The number of para-hydroxylation sites is 1. The predicted octanol–water partition coefficient (Wildman–Crippen LogP) is 4.51. The molecule has 0 radical (unpaired) electrons. The Bertz CT molecular complexity index is 1380. The number of carbonyl (C=O) groups is 1. The van der Waals surface area contributed by atoms with Gasteiger partial charge in [-0.05, 0) is 47.5 Å². The Hall–Kier alpha value is -3.87. The summed E-state index contributed by atoms with van der Waals surface area (Å²) in [5.74, 6) is -3.43. The maximum Gasteiger partial charge on any atom is 0.346 e. The standard InChI is InChI=1S/C29H26O6/c1-3-34-27(30)28(31)26(20-13-16-23(33-2)17-14-20)24-10-6-7-11-25(24)35-29(28,32)22-15-12-19-8-4-5-9-21(19)18-22/h4-18,26,31-32H,3H2,1-2H3/t26?,28-,29+/m1/s1. The van der Waals surface area contributed by atoms with Gasteiger partial charge in [-0.3, -0.25) is 0 Å². The number of esters is 1. The highest BCUT2D eigenvalue weighted by Gasteiger charge is 2.67. The molecule has 6 nitrogen and oxygen atoms in total. The summed E-state index contributed by atoms with van der Waals surface area (Å²) in [6, 6.07) is 26.9. The van der Waals surface area contributed by atoms with Crippen molar-refractivity contribution in [3.63, 3.8) is 0 Å². The van der Waals surface area contributed by atoms with E-state index in [1.54, 1.807) is 74.7 Å². The highest BCUT2D eigenvalue weighted by molar-refractivity contribution is 5.87. The Morgan fingerprint density at radius 3 is 2.31 bits per heavy atom. The van der Waals surface area contributed by atoms with Gasteiger partial charge in [0.25, 0.3) is 5.79 Å². The molecule has 0 saturated carbocycles. The third-order valence-electron chi connectivity index (χ3n) is 6.60. The van der Waals surface area contributed by atoms with Gasteiger partial charge in [-0.2, -0.15) is 0 Å². The lowest BCUT2D eigenvalue weighted by atomic mass is 9.68. The van der Waals surface area contributed by atoms with E-state index in [0.29, 0.717) is 22.6 Å². The van der Waals surface area contributed by atoms with Crippen molar-refractivity contribution in [2.75, 3.05) is 13.7 Å². The van der Waals surface area contributed by atoms with Gasteiger partial charge in [0.2, 0.25) is 5.60 Å². The molecule has 178 valence electrons. The Morgan fingerprint density at radius 1 is 0.914 bits per heavy atom. The van der Waals surface area contributed by atoms with Gasteiger partial charge in [-0.15, -0.1) is 0 Å². The van der Waals surface area contributed by atoms with Crippen LogP contribution >= 0.6 is 0 Å². The van der Waals surface area contributed by atoms with E-state index in [1.165, 1.54) is 0 Å². The van der Waals surface area contributed by atoms with Crippen LogP contribution in [0.25, 0.3) is 10.8 Å². The summed E-state index contributed by atoms with van der Waals surface area (Å²) >= 11 is 0. The van der Waals surface area contributed by atoms with Crippen LogP contribution in [0, 0.1) is 0 Å². The highest BCUT2D eigenvalue weighted by Crippen LogP contribution is 2.54. The molecule has 6 heteroatoms. The second-order valence-electron chi connectivity index (χ2n) is 8.54. The lowest BCUT2D eigenvalue weighted by Crippen LogP contribution is -2.66. The van der Waals surface area contributed by atoms with Crippen molar-refractivity contribution in [2.24, 2.45) is 0 Å². The van der Waals surface area contributed by atoms with Crippen molar-refractivity contribution in [3.05, 3.63) is 108 Å². The molecule has 35 heavy (non-hydrogen) atoms. The number of rotatable bonds is 5. The highest BCUT2D eigenvalue weighted by atomic mass is 16.7. The lowest BCUT2D eigenvalue weighted by Gasteiger charge is -2.49. The van der Waals surface area contributed by atoms with Crippen LogP contribution in [0.15, 0.2) is 91.0 Å². The van der Waals surface area contributed by atoms with E-state index >= 15 is 0 Å². The van der Waals surface area contributed by atoms with Crippen molar-refractivity contribution >= 4 is 16.7 Å². The fraction of sp³-hybridized carbons (Fsp3) is 0.207. The molecular formula is C29H26O6. The normalized spacial score (nSPS) is 23.3. The molecule has 0 aliphatic carbocycles. The first-order chi connectivity index (χ1) is 16.9. The fourth-order valence-electron chi connectivity index (χ4n) is 4.86. The van der Waals surface area contributed by atoms with Crippen LogP contribution in [0.1, 0.15) is 29.5 Å². The van der Waals surface area contributed by atoms with Crippen LogP contribution in [0.3, 0.4) is 0 Å². The van der Waals surface area contributed by atoms with Gasteiger partial charge in [-0.25, -0.2) is 4.79 Å². The van der Waals surface area contributed by atoms with E-state index in [4.69, 9.17) is 14.2 Å². The maximum atomic E-state index is 13.6. The molecule has 4 aromatic carbocycles. The molecular weight excluding hydrogens is 444 g/mol. The summed E-state index contributed by atoms with van der Waals surface area (Å²) in [7, 11) is 1.56. The van der Waals surface area contributed by atoms with Gasteiger partial charge in [-0.1, -0.05) is 66.7 Å². The number of hydrogen-bond donors (Lipinski definition) is 2. The zero-order valence-electron chi connectivity index (χ0n) is 19.5. The maximum absolute atomic E-state index is 13.6. The molecule has 0 spiro atoms. The zero-order valence-corrected chi connectivity index (χ0v) is 19.5. The Morgan fingerprint density at radius 2 is 1.60 bits per heavy atom. The second-order valence-corrected chi connectivity index (χ2v) is 8.54. The Labute approximate surface area is 203 Å². The molecule has 3 atom stereocenters. The largest absolute Gasteiger partial charge is 0.497 e. The van der Waals surface area contributed by atoms with Gasteiger partial charge in [0.15, 0.2) is 0 Å². The van der Waals surface area contributed by atoms with Gasteiger partial charge in [0.1, 0.15) is 11.5 Å². The van der Waals surface area contributed by atoms with Crippen LogP contribution in [0.2, 0.25) is 0 Å². The smallest absolute Gasteiger partial charge is 0.346 e. The number of fused-ring (bicyclic) bond motifs is 2. The van der Waals surface area contributed by atoms with E-state index in [2.05, 4.69) is 0 Å². The number of ether oxygens (including phenoxy) is 3. The minimum absolute atomic E-state index is 0.0198. The van der Waals surface area contributed by atoms with Crippen LogP contribution in [0.4, 0.5) is 0 Å². The Balaban J connectivity index is 1.79. The van der Waals surface area contributed by atoms with E-state index < -0.39 is 23.3 Å². The van der Waals surface area contributed by atoms with Crippen molar-refractivity contribution in [1.82, 2.24) is 0 Å². The molecule has 5 rings (SSSR count). The number of benzene rings is 4. The molecule has 0 bridgehead atoms. The summed E-state index contributed by atoms with van der Waals surface area (Å²) < 4.78 is 16.7. The van der Waals surface area contributed by atoms with Gasteiger partial charge >= 0.3 is 5.97 Å². The zero-order chi connectivity index (χ0) is 24.6. The first-order valence-electron chi connectivity index (χ1n) is 11.5. The minimum Gasteiger partial charge on any atom is -0.497 e. The number of hydrogen-bond acceptors (Lipinski definition) is 6. The van der Waals surface area contributed by atoms with E-state index in [-0.39, 0.29) is 12.2 Å². The molecule has 1 aliphatic heterocycles. The van der Waals surface area contributed by atoms with E-state index in [0.717, 1.165) is 10.8 Å². The van der Waals surface area contributed by atoms with E-state index in [1.807, 2.05) is 30.3 Å². The quantitative estimate of drug-likeness (QED) is 0.418. The fourth-order valence-corrected chi connectivity index (χ4v) is 4.86. The average Bonchev–Trinajstić information content (AvgIpc) is 2.89. The molecule has 0 saturated heterocycles. The van der Waals surface area contributed by atoms with Crippen molar-refractivity contribution in [1.29, 1.82) is 0 Å². The molecule has 0 amide bonds. The first-order valence-corrected chi connectivity index (χ1v) is 11.5. The predicted molar refractivity (Wildman–Crippen MR) is 131 cm³/mol. The van der Waals surface area contributed by atoms with Crippen LogP contribution < -0.4 is 9.47 Å². The molecule has 1 unspecified atom stereocenters. The SMILES string of the molecule is CCOC(=O)[C@]1(O)C(c2ccc(OC)cc2)c2ccccc2O[C@@]1(O)c1ccc2ccccc2c1. The second kappa shape index (κ2) is 8.73. The van der Waals surface area contributed by atoms with Gasteiger partial charge in [0.05, 0.1) is 19.6 Å². The summed E-state index contributed by atoms with van der Waals surface area (Å²) in [5, 5.41) is 26.3. The number of aliphatic hydroxyl groups is 2. The molecule has 0 fully saturated rings. The molecule has 2 N–H and O–H groups in total. The third kappa shape index (κ3) is 3.53. The van der Waals surface area contributed by atoms with Gasteiger partial charge < -0.3 is 24.4 Å². The van der Waals surface area contributed by atoms with Gasteiger partial charge in [0, 0.05) is 11.1 Å². The van der Waals surface area contributed by atoms with Crippen LogP contribution in [-0.2, 0) is 15.3 Å². The van der Waals surface area contributed by atoms with Crippen molar-refractivity contribution in [2.45, 2.75) is 24.2 Å². The van der Waals surface area contributed by atoms with Crippen LogP contribution in [0.5, 0.6) is 11.5 Å². The minimum atomic E-state index is -2.51. The lowest BCUT2D eigenvalue weighted by molar-refractivity contribution is -0.280. The molecule has 1 aliphatic rings. The summed E-state index contributed by atoms with van der Waals surface area (Å²) in [6.45, 7) is 1.67. The molecule has 0 aromatic heterocycles. The first kappa shape index (κ1) is 22.9. The average molecular weight is 471 g/mol.